The first-order chi connectivity index (χ1) is 8.54. The number of sulfonamides is 1. The van der Waals surface area contributed by atoms with Gasteiger partial charge in [-0.25, -0.2) is 12.7 Å². The molecule has 2 fully saturated rings. The summed E-state index contributed by atoms with van der Waals surface area (Å²) >= 11 is 0. The molecule has 106 valence electrons. The summed E-state index contributed by atoms with van der Waals surface area (Å²) in [7, 11) is -0.917. The lowest BCUT2D eigenvalue weighted by atomic mass is 9.85. The van der Waals surface area contributed by atoms with Crippen LogP contribution in [0.2, 0.25) is 0 Å². The molecule has 0 saturated carbocycles. The summed E-state index contributed by atoms with van der Waals surface area (Å²) in [6.45, 7) is 2.99. The molecule has 0 aromatic heterocycles. The van der Waals surface area contributed by atoms with Gasteiger partial charge < -0.3 is 10.6 Å². The molecule has 0 aliphatic carbocycles. The lowest BCUT2D eigenvalue weighted by molar-refractivity contribution is 0.0671. The molecule has 2 aliphatic rings. The molecule has 5 nitrogen and oxygen atoms in total. The van der Waals surface area contributed by atoms with Crippen molar-refractivity contribution in [3.8, 4) is 0 Å². The summed E-state index contributed by atoms with van der Waals surface area (Å²) in [6.07, 6.45) is 3.89. The number of nitrogens with zero attached hydrogens (tertiary/aromatic N) is 2. The Labute approximate surface area is 110 Å². The molecule has 6 heteroatoms. The van der Waals surface area contributed by atoms with Gasteiger partial charge in [0.1, 0.15) is 0 Å². The Balaban J connectivity index is 1.98. The molecule has 18 heavy (non-hydrogen) atoms. The van der Waals surface area contributed by atoms with Crippen LogP contribution in [0.25, 0.3) is 0 Å². The molecule has 2 aliphatic heterocycles. The minimum atomic E-state index is -3.08. The number of hydrogen-bond donors (Lipinski definition) is 1. The summed E-state index contributed by atoms with van der Waals surface area (Å²) in [5.41, 5.74) is 5.40. The Bertz CT molecular complexity index is 372. The van der Waals surface area contributed by atoms with Crippen LogP contribution in [0.1, 0.15) is 25.7 Å². The highest BCUT2D eigenvalue weighted by molar-refractivity contribution is 7.89. The Morgan fingerprint density at radius 1 is 1.28 bits per heavy atom. The number of hydrogen-bond acceptors (Lipinski definition) is 4. The van der Waals surface area contributed by atoms with E-state index in [2.05, 4.69) is 11.9 Å². The van der Waals surface area contributed by atoms with Gasteiger partial charge in [0.15, 0.2) is 0 Å². The molecule has 2 unspecified atom stereocenters. The zero-order valence-corrected chi connectivity index (χ0v) is 12.0. The van der Waals surface area contributed by atoms with Crippen LogP contribution in [0.3, 0.4) is 0 Å². The quantitative estimate of drug-likeness (QED) is 0.789. The van der Waals surface area contributed by atoms with Gasteiger partial charge in [-0.1, -0.05) is 0 Å². The maximum absolute atomic E-state index is 12.2. The molecule has 0 radical (unpaired) electrons. The Morgan fingerprint density at radius 3 is 2.78 bits per heavy atom. The van der Waals surface area contributed by atoms with E-state index in [9.17, 15) is 8.42 Å². The highest BCUT2D eigenvalue weighted by atomic mass is 32.2. The summed E-state index contributed by atoms with van der Waals surface area (Å²) in [5.74, 6) is 0.724. The van der Waals surface area contributed by atoms with Gasteiger partial charge in [0.25, 0.3) is 0 Å². The van der Waals surface area contributed by atoms with Crippen LogP contribution in [0, 0.1) is 5.92 Å². The summed E-state index contributed by atoms with van der Waals surface area (Å²) in [4.78, 5) is 2.40. The predicted molar refractivity (Wildman–Crippen MR) is 72.8 cm³/mol. The van der Waals surface area contributed by atoms with Crippen molar-refractivity contribution in [1.82, 2.24) is 9.21 Å². The lowest BCUT2D eigenvalue weighted by Gasteiger charge is -2.45. The molecular formula is C12H25N3O2S. The monoisotopic (exact) mass is 275 g/mol. The van der Waals surface area contributed by atoms with Gasteiger partial charge in [0.05, 0.1) is 5.75 Å². The molecule has 0 amide bonds. The number of likely N-dealkylation sites (tertiary alicyclic amines) is 1. The second kappa shape index (κ2) is 5.86. The van der Waals surface area contributed by atoms with Crippen LogP contribution < -0.4 is 5.73 Å². The van der Waals surface area contributed by atoms with E-state index >= 15 is 0 Å². The fourth-order valence-electron chi connectivity index (χ4n) is 3.27. The van der Waals surface area contributed by atoms with Crippen molar-refractivity contribution in [3.63, 3.8) is 0 Å². The highest BCUT2D eigenvalue weighted by Gasteiger charge is 2.37. The van der Waals surface area contributed by atoms with Gasteiger partial charge in [-0.2, -0.15) is 0 Å². The number of nitrogens with two attached hydrogens (primary N) is 1. The normalized spacial score (nSPS) is 31.2. The molecule has 0 aromatic carbocycles. The van der Waals surface area contributed by atoms with Crippen molar-refractivity contribution in [3.05, 3.63) is 0 Å². The second-order valence-electron chi connectivity index (χ2n) is 5.56. The van der Waals surface area contributed by atoms with Gasteiger partial charge in [0, 0.05) is 19.1 Å². The molecule has 0 spiro atoms. The number of fused-ring (bicyclic) bond motifs is 1. The van der Waals surface area contributed by atoms with Crippen molar-refractivity contribution >= 4 is 10.0 Å². The SMILES string of the molecule is CN1CCCC2CN(S(=O)(=O)CCCN)CCC21. The second-order valence-corrected chi connectivity index (χ2v) is 7.64. The van der Waals surface area contributed by atoms with Gasteiger partial charge in [-0.15, -0.1) is 0 Å². The predicted octanol–water partition coefficient (Wildman–Crippen LogP) is 0.0811. The van der Waals surface area contributed by atoms with Crippen LogP contribution in [-0.4, -0.2) is 62.6 Å². The zero-order chi connectivity index (χ0) is 13.2. The van der Waals surface area contributed by atoms with Crippen molar-refractivity contribution < 1.29 is 8.42 Å². The van der Waals surface area contributed by atoms with Crippen LogP contribution >= 0.6 is 0 Å². The molecule has 0 bridgehead atoms. The van der Waals surface area contributed by atoms with E-state index in [-0.39, 0.29) is 5.75 Å². The van der Waals surface area contributed by atoms with Crippen LogP contribution in [0.5, 0.6) is 0 Å². The zero-order valence-electron chi connectivity index (χ0n) is 11.2. The van der Waals surface area contributed by atoms with E-state index in [1.807, 2.05) is 0 Å². The fraction of sp³-hybridized carbons (Fsp3) is 1.00. The standard InChI is InChI=1S/C12H25N3O2S/c1-14-7-2-4-11-10-15(8-5-12(11)14)18(16,17)9-3-6-13/h11-12H,2-10,13H2,1H3. The van der Waals surface area contributed by atoms with Gasteiger partial charge >= 0.3 is 0 Å². The van der Waals surface area contributed by atoms with Crippen LogP contribution in [0.4, 0.5) is 0 Å². The van der Waals surface area contributed by atoms with Crippen LogP contribution in [-0.2, 0) is 10.0 Å². The summed E-state index contributed by atoms with van der Waals surface area (Å²) < 4.78 is 26.0. The maximum Gasteiger partial charge on any atom is 0.214 e. The summed E-state index contributed by atoms with van der Waals surface area (Å²) in [5, 5.41) is 0. The third-order valence-corrected chi connectivity index (χ3v) is 6.23. The number of piperidine rings is 2. The van der Waals surface area contributed by atoms with Gasteiger partial charge in [0.2, 0.25) is 10.0 Å². The Kier molecular flexibility index (Phi) is 4.64. The van der Waals surface area contributed by atoms with Crippen molar-refractivity contribution in [2.75, 3.05) is 39.0 Å². The Morgan fingerprint density at radius 2 is 2.06 bits per heavy atom. The van der Waals surface area contributed by atoms with Crippen LogP contribution in [0.15, 0.2) is 0 Å². The molecule has 2 atom stereocenters. The molecule has 2 rings (SSSR count). The molecule has 2 N–H and O–H groups in total. The number of rotatable bonds is 4. The first-order valence-electron chi connectivity index (χ1n) is 6.93. The van der Waals surface area contributed by atoms with Crippen molar-refractivity contribution in [1.29, 1.82) is 0 Å². The van der Waals surface area contributed by atoms with E-state index in [1.54, 1.807) is 4.31 Å². The van der Waals surface area contributed by atoms with Gasteiger partial charge in [-0.3, -0.25) is 0 Å². The smallest absolute Gasteiger partial charge is 0.214 e. The van der Waals surface area contributed by atoms with Gasteiger partial charge in [-0.05, 0) is 51.7 Å². The van der Waals surface area contributed by atoms with Crippen molar-refractivity contribution in [2.45, 2.75) is 31.7 Å². The first-order valence-corrected chi connectivity index (χ1v) is 8.53. The largest absolute Gasteiger partial charge is 0.330 e. The van der Waals surface area contributed by atoms with E-state index in [0.717, 1.165) is 19.4 Å². The molecule has 0 aromatic rings. The van der Waals surface area contributed by atoms with E-state index < -0.39 is 10.0 Å². The first kappa shape index (κ1) is 14.2. The van der Waals surface area contributed by atoms with E-state index in [1.165, 1.54) is 6.42 Å². The fourth-order valence-corrected chi connectivity index (χ4v) is 4.86. The molecule has 2 saturated heterocycles. The minimum Gasteiger partial charge on any atom is -0.330 e. The van der Waals surface area contributed by atoms with E-state index in [0.29, 0.717) is 38.0 Å². The topological polar surface area (TPSA) is 66.6 Å². The third-order valence-electron chi connectivity index (χ3n) is 4.31. The highest BCUT2D eigenvalue weighted by Crippen LogP contribution is 2.30. The summed E-state index contributed by atoms with van der Waals surface area (Å²) in [6, 6.07) is 0.583. The average Bonchev–Trinajstić information content (AvgIpc) is 2.36. The lowest BCUT2D eigenvalue weighted by Crippen LogP contribution is -2.54. The van der Waals surface area contributed by atoms with E-state index in [4.69, 9.17) is 5.73 Å². The molecular weight excluding hydrogens is 250 g/mol. The average molecular weight is 275 g/mol. The third kappa shape index (κ3) is 3.04. The van der Waals surface area contributed by atoms with Crippen molar-refractivity contribution in [2.24, 2.45) is 11.7 Å². The minimum absolute atomic E-state index is 0.205. The Hall–Kier alpha value is -0.170. The maximum atomic E-state index is 12.2. The molecule has 2 heterocycles.